The predicted octanol–water partition coefficient (Wildman–Crippen LogP) is 4.63. The number of thioether (sulfide) groups is 1. The Morgan fingerprint density at radius 2 is 1.75 bits per heavy atom. The van der Waals surface area contributed by atoms with Crippen molar-refractivity contribution in [2.24, 2.45) is 0 Å². The van der Waals surface area contributed by atoms with Crippen LogP contribution >= 0.6 is 23.4 Å². The molecule has 0 saturated carbocycles. The number of aliphatic hydroxyl groups is 1. The first-order valence-electron chi connectivity index (χ1n) is 9.02. The summed E-state index contributed by atoms with van der Waals surface area (Å²) in [7, 11) is 0. The number of aliphatic hydroxyl groups excluding tert-OH is 1. The number of hydrogen-bond donors (Lipinski definition) is 1. The maximum atomic E-state index is 12.8. The molecule has 28 heavy (non-hydrogen) atoms. The van der Waals surface area contributed by atoms with Crippen molar-refractivity contribution in [3.05, 3.63) is 59.1 Å². The molecule has 1 aliphatic rings. The van der Waals surface area contributed by atoms with E-state index in [1.807, 2.05) is 24.3 Å². The largest absolute Gasteiger partial charge is 0.416 e. The second kappa shape index (κ2) is 9.39. The van der Waals surface area contributed by atoms with Crippen molar-refractivity contribution in [2.75, 3.05) is 43.4 Å². The Morgan fingerprint density at radius 3 is 2.43 bits per heavy atom. The van der Waals surface area contributed by atoms with Crippen LogP contribution in [0.3, 0.4) is 0 Å². The lowest BCUT2D eigenvalue weighted by atomic mass is 10.2. The maximum Gasteiger partial charge on any atom is 0.416 e. The van der Waals surface area contributed by atoms with Gasteiger partial charge in [-0.15, -0.1) is 11.8 Å². The Kier molecular flexibility index (Phi) is 7.15. The van der Waals surface area contributed by atoms with E-state index in [4.69, 9.17) is 11.6 Å². The zero-order valence-corrected chi connectivity index (χ0v) is 16.8. The molecule has 3 rings (SSSR count). The highest BCUT2D eigenvalue weighted by Crippen LogP contribution is 2.32. The van der Waals surface area contributed by atoms with Crippen molar-refractivity contribution in [3.8, 4) is 0 Å². The van der Waals surface area contributed by atoms with E-state index in [0.717, 1.165) is 44.0 Å². The fraction of sp³-hybridized carbons (Fsp3) is 0.400. The number of rotatable bonds is 6. The summed E-state index contributed by atoms with van der Waals surface area (Å²) < 4.78 is 38.3. The van der Waals surface area contributed by atoms with E-state index < -0.39 is 17.8 Å². The molecule has 0 radical (unpaired) electrons. The van der Waals surface area contributed by atoms with Crippen LogP contribution in [0, 0.1) is 0 Å². The lowest BCUT2D eigenvalue weighted by molar-refractivity contribution is -0.137. The van der Waals surface area contributed by atoms with Gasteiger partial charge in [0.05, 0.1) is 11.7 Å². The van der Waals surface area contributed by atoms with Crippen LogP contribution in [-0.2, 0) is 6.18 Å². The van der Waals surface area contributed by atoms with E-state index >= 15 is 0 Å². The molecule has 1 atom stereocenters. The number of β-amino-alcohol motifs (C(OH)–C–C–N with tert-alkyl or cyclic N) is 1. The highest BCUT2D eigenvalue weighted by atomic mass is 35.5. The Bertz CT molecular complexity index is 782. The van der Waals surface area contributed by atoms with Gasteiger partial charge in [0.15, 0.2) is 0 Å². The molecule has 2 aromatic rings. The first-order chi connectivity index (χ1) is 13.3. The molecule has 0 amide bonds. The number of nitrogens with zero attached hydrogens (tertiary/aromatic N) is 2. The number of benzene rings is 2. The summed E-state index contributed by atoms with van der Waals surface area (Å²) >= 11 is 7.29. The van der Waals surface area contributed by atoms with Crippen molar-refractivity contribution >= 4 is 29.1 Å². The molecule has 0 aromatic heterocycles. The van der Waals surface area contributed by atoms with Gasteiger partial charge in [-0.3, -0.25) is 4.90 Å². The molecule has 1 unspecified atom stereocenters. The Labute approximate surface area is 172 Å². The maximum absolute atomic E-state index is 12.8. The minimum absolute atomic E-state index is 0.357. The lowest BCUT2D eigenvalue weighted by Gasteiger charge is -2.37. The van der Waals surface area contributed by atoms with E-state index in [1.54, 1.807) is 6.07 Å². The van der Waals surface area contributed by atoms with Crippen molar-refractivity contribution in [1.29, 1.82) is 0 Å². The minimum Gasteiger partial charge on any atom is -0.391 e. The molecule has 1 saturated heterocycles. The number of halogens is 4. The van der Waals surface area contributed by atoms with Crippen LogP contribution in [0.5, 0.6) is 0 Å². The van der Waals surface area contributed by atoms with Crippen LogP contribution in [0.15, 0.2) is 53.4 Å². The molecular formula is C20H22ClF3N2OS. The second-order valence-corrected chi connectivity index (χ2v) is 8.29. The Hall–Kier alpha value is -1.41. The molecule has 1 fully saturated rings. The average molecular weight is 431 g/mol. The molecule has 0 aliphatic carbocycles. The third-order valence-electron chi connectivity index (χ3n) is 4.62. The average Bonchev–Trinajstić information content (AvgIpc) is 2.66. The number of piperazine rings is 1. The van der Waals surface area contributed by atoms with Crippen LogP contribution < -0.4 is 4.90 Å². The number of alkyl halides is 3. The first-order valence-corrected chi connectivity index (χ1v) is 10.4. The highest BCUT2D eigenvalue weighted by molar-refractivity contribution is 7.99. The summed E-state index contributed by atoms with van der Waals surface area (Å²) in [5, 5.41) is 11.0. The van der Waals surface area contributed by atoms with Gasteiger partial charge in [-0.2, -0.15) is 13.2 Å². The summed E-state index contributed by atoms with van der Waals surface area (Å²) in [5.74, 6) is 0.357. The van der Waals surface area contributed by atoms with Gasteiger partial charge in [0.1, 0.15) is 0 Å². The predicted molar refractivity (Wildman–Crippen MR) is 108 cm³/mol. The van der Waals surface area contributed by atoms with E-state index in [0.29, 0.717) is 22.2 Å². The van der Waals surface area contributed by atoms with Gasteiger partial charge in [0.2, 0.25) is 0 Å². The van der Waals surface area contributed by atoms with Crippen molar-refractivity contribution < 1.29 is 18.3 Å². The van der Waals surface area contributed by atoms with Gasteiger partial charge in [-0.25, -0.2) is 0 Å². The fourth-order valence-electron chi connectivity index (χ4n) is 3.17. The van der Waals surface area contributed by atoms with Gasteiger partial charge in [-0.05, 0) is 36.4 Å². The quantitative estimate of drug-likeness (QED) is 0.676. The van der Waals surface area contributed by atoms with Crippen LogP contribution in [0.1, 0.15) is 5.56 Å². The van der Waals surface area contributed by atoms with Crippen molar-refractivity contribution in [1.82, 2.24) is 4.90 Å². The zero-order valence-electron chi connectivity index (χ0n) is 15.2. The molecule has 1 N–H and O–H groups in total. The van der Waals surface area contributed by atoms with Gasteiger partial charge in [-0.1, -0.05) is 23.7 Å². The van der Waals surface area contributed by atoms with Crippen molar-refractivity contribution in [3.63, 3.8) is 0 Å². The van der Waals surface area contributed by atoms with Gasteiger partial charge in [0.25, 0.3) is 0 Å². The topological polar surface area (TPSA) is 26.7 Å². The Balaban J connectivity index is 1.44. The number of hydrogen-bond acceptors (Lipinski definition) is 4. The summed E-state index contributed by atoms with van der Waals surface area (Å²) in [5.41, 5.74) is 0.428. The molecule has 152 valence electrons. The summed E-state index contributed by atoms with van der Waals surface area (Å²) in [6, 6.07) is 13.0. The van der Waals surface area contributed by atoms with Crippen LogP contribution in [0.4, 0.5) is 18.9 Å². The summed E-state index contributed by atoms with van der Waals surface area (Å²) in [6.45, 7) is 3.83. The SMILES string of the molecule is OC(CSc1cccc(C(F)(F)F)c1)CN1CCN(c2cccc(Cl)c2)CC1. The molecule has 3 nitrogen and oxygen atoms in total. The van der Waals surface area contributed by atoms with Crippen LogP contribution in [0.25, 0.3) is 0 Å². The molecular weight excluding hydrogens is 409 g/mol. The smallest absolute Gasteiger partial charge is 0.391 e. The lowest BCUT2D eigenvalue weighted by Crippen LogP contribution is -2.48. The molecule has 0 spiro atoms. The van der Waals surface area contributed by atoms with Crippen molar-refractivity contribution in [2.45, 2.75) is 17.2 Å². The number of anilines is 1. The monoisotopic (exact) mass is 430 g/mol. The zero-order chi connectivity index (χ0) is 20.1. The minimum atomic E-state index is -4.35. The van der Waals surface area contributed by atoms with Gasteiger partial charge in [0, 0.05) is 54.1 Å². The molecule has 1 heterocycles. The fourth-order valence-corrected chi connectivity index (χ4v) is 4.23. The van der Waals surface area contributed by atoms with E-state index in [2.05, 4.69) is 9.80 Å². The third-order valence-corrected chi connectivity index (χ3v) is 5.99. The molecule has 2 aromatic carbocycles. The first kappa shape index (κ1) is 21.3. The molecule has 8 heteroatoms. The van der Waals surface area contributed by atoms with E-state index in [1.165, 1.54) is 17.8 Å². The van der Waals surface area contributed by atoms with Crippen LogP contribution in [0.2, 0.25) is 5.02 Å². The summed E-state index contributed by atoms with van der Waals surface area (Å²) in [6.07, 6.45) is -4.95. The molecule has 0 bridgehead atoms. The highest BCUT2D eigenvalue weighted by Gasteiger charge is 2.30. The van der Waals surface area contributed by atoms with E-state index in [-0.39, 0.29) is 0 Å². The second-order valence-electron chi connectivity index (χ2n) is 6.76. The third kappa shape index (κ3) is 6.04. The Morgan fingerprint density at radius 1 is 1.04 bits per heavy atom. The van der Waals surface area contributed by atoms with Gasteiger partial charge < -0.3 is 10.0 Å². The van der Waals surface area contributed by atoms with Crippen LogP contribution in [-0.4, -0.2) is 54.6 Å². The van der Waals surface area contributed by atoms with E-state index in [9.17, 15) is 18.3 Å². The standard InChI is InChI=1S/C20H22ClF3N2OS/c21-16-4-2-5-17(12-16)26-9-7-25(8-10-26)13-18(27)14-28-19-6-1-3-15(11-19)20(22,23)24/h1-6,11-12,18,27H,7-10,13-14H2. The van der Waals surface area contributed by atoms with Gasteiger partial charge >= 0.3 is 6.18 Å². The summed E-state index contributed by atoms with van der Waals surface area (Å²) in [4.78, 5) is 4.95. The normalized spacial score (nSPS) is 17.0. The molecule has 1 aliphatic heterocycles.